The fraction of sp³-hybridized carbons (Fsp3) is 0.435. The van der Waals surface area contributed by atoms with Crippen LogP contribution < -0.4 is 10.1 Å². The van der Waals surface area contributed by atoms with Crippen LogP contribution in [0.4, 0.5) is 5.69 Å². The van der Waals surface area contributed by atoms with Crippen LogP contribution in [0.25, 0.3) is 0 Å². The fourth-order valence-electron chi connectivity index (χ4n) is 3.61. The van der Waals surface area contributed by atoms with Gasteiger partial charge in [0.1, 0.15) is 12.4 Å². The van der Waals surface area contributed by atoms with E-state index in [1.54, 1.807) is 12.1 Å². The van der Waals surface area contributed by atoms with Gasteiger partial charge in [0.25, 0.3) is 5.91 Å². The topological polar surface area (TPSA) is 60.0 Å². The minimum Gasteiger partial charge on any atom is -0.491 e. The van der Waals surface area contributed by atoms with E-state index >= 15 is 0 Å². The first-order chi connectivity index (χ1) is 14.3. The molecule has 6 heteroatoms. The number of morpholine rings is 1. The normalized spacial score (nSPS) is 19.8. The Balaban J connectivity index is 1.30. The molecule has 2 aliphatic heterocycles. The Labute approximate surface area is 171 Å². The first kappa shape index (κ1) is 19.9. The first-order valence-electron chi connectivity index (χ1n) is 10.3. The number of carbonyl (C=O) groups excluding carboxylic acids is 1. The highest BCUT2D eigenvalue weighted by molar-refractivity contribution is 6.04. The van der Waals surface area contributed by atoms with Crippen LogP contribution in [0.5, 0.6) is 5.75 Å². The van der Waals surface area contributed by atoms with Crippen molar-refractivity contribution in [2.24, 2.45) is 0 Å². The van der Waals surface area contributed by atoms with Crippen LogP contribution in [0.3, 0.4) is 0 Å². The molecule has 1 amide bonds. The monoisotopic (exact) mass is 396 g/mol. The van der Waals surface area contributed by atoms with Gasteiger partial charge >= 0.3 is 0 Å². The summed E-state index contributed by atoms with van der Waals surface area (Å²) in [5.41, 5.74) is 2.59. The Morgan fingerprint density at radius 1 is 1.10 bits per heavy atom. The number of nitrogens with zero attached hydrogens (tertiary/aromatic N) is 1. The van der Waals surface area contributed by atoms with Crippen LogP contribution in [0.2, 0.25) is 0 Å². The zero-order valence-corrected chi connectivity index (χ0v) is 16.6. The van der Waals surface area contributed by atoms with E-state index in [0.29, 0.717) is 17.9 Å². The van der Waals surface area contributed by atoms with E-state index in [0.717, 1.165) is 58.0 Å². The minimum atomic E-state index is -0.145. The van der Waals surface area contributed by atoms with Gasteiger partial charge in [0.15, 0.2) is 0 Å². The van der Waals surface area contributed by atoms with Gasteiger partial charge in [0.05, 0.1) is 19.3 Å². The molecule has 29 heavy (non-hydrogen) atoms. The van der Waals surface area contributed by atoms with Crippen molar-refractivity contribution in [3.63, 3.8) is 0 Å². The number of nitrogens with one attached hydrogen (secondary N) is 1. The van der Waals surface area contributed by atoms with E-state index in [9.17, 15) is 4.79 Å². The van der Waals surface area contributed by atoms with Crippen molar-refractivity contribution in [3.8, 4) is 5.75 Å². The summed E-state index contributed by atoms with van der Waals surface area (Å²) in [5, 5.41) is 2.96. The van der Waals surface area contributed by atoms with Crippen LogP contribution >= 0.6 is 0 Å². The summed E-state index contributed by atoms with van der Waals surface area (Å²) in [7, 11) is 0. The lowest BCUT2D eigenvalue weighted by molar-refractivity contribution is 0.0342. The van der Waals surface area contributed by atoms with Gasteiger partial charge in [-0.2, -0.15) is 0 Å². The first-order valence-corrected chi connectivity index (χ1v) is 10.3. The third-order valence-electron chi connectivity index (χ3n) is 5.28. The van der Waals surface area contributed by atoms with Crippen molar-refractivity contribution >= 4 is 11.6 Å². The van der Waals surface area contributed by atoms with Crippen LogP contribution in [0.1, 0.15) is 28.8 Å². The van der Waals surface area contributed by atoms with E-state index in [4.69, 9.17) is 14.2 Å². The third-order valence-corrected chi connectivity index (χ3v) is 5.28. The number of carbonyl (C=O) groups is 1. The van der Waals surface area contributed by atoms with Gasteiger partial charge in [-0.15, -0.1) is 0 Å². The predicted molar refractivity (Wildman–Crippen MR) is 111 cm³/mol. The van der Waals surface area contributed by atoms with E-state index in [1.807, 2.05) is 24.3 Å². The molecule has 0 aliphatic carbocycles. The summed E-state index contributed by atoms with van der Waals surface area (Å²) in [6, 6.07) is 15.3. The van der Waals surface area contributed by atoms with Gasteiger partial charge in [-0.3, -0.25) is 9.69 Å². The largest absolute Gasteiger partial charge is 0.491 e. The van der Waals surface area contributed by atoms with Gasteiger partial charge < -0.3 is 19.5 Å². The zero-order valence-electron chi connectivity index (χ0n) is 16.6. The number of rotatable bonds is 7. The summed E-state index contributed by atoms with van der Waals surface area (Å²) < 4.78 is 16.8. The molecule has 2 aromatic rings. The molecule has 0 spiro atoms. The molecule has 1 N–H and O–H groups in total. The molecule has 1 atom stereocenters. The highest BCUT2D eigenvalue weighted by atomic mass is 16.5. The predicted octanol–water partition coefficient (Wildman–Crippen LogP) is 3.33. The van der Waals surface area contributed by atoms with Crippen LogP contribution in [0, 0.1) is 0 Å². The highest BCUT2D eigenvalue weighted by Gasteiger charge is 2.16. The second-order valence-corrected chi connectivity index (χ2v) is 7.51. The van der Waals surface area contributed by atoms with Crippen molar-refractivity contribution in [1.29, 1.82) is 0 Å². The summed E-state index contributed by atoms with van der Waals surface area (Å²) in [6.07, 6.45) is 2.27. The SMILES string of the molecule is O=C(Nc1ccc(CN2CCOCC2)cc1)c1cccc(OCC2CCCO2)c1. The Bertz CT molecular complexity index is 797. The quantitative estimate of drug-likeness (QED) is 0.778. The maximum atomic E-state index is 12.6. The van der Waals surface area contributed by atoms with Gasteiger partial charge in [0.2, 0.25) is 0 Å². The molecule has 2 aliphatic rings. The van der Waals surface area contributed by atoms with Crippen molar-refractivity contribution in [2.45, 2.75) is 25.5 Å². The molecule has 0 aromatic heterocycles. The molecule has 2 heterocycles. The average Bonchev–Trinajstić information content (AvgIpc) is 3.28. The van der Waals surface area contributed by atoms with Gasteiger partial charge in [-0.1, -0.05) is 18.2 Å². The Kier molecular flexibility index (Phi) is 6.77. The molecular formula is C23H28N2O4. The van der Waals surface area contributed by atoms with Crippen molar-refractivity contribution in [1.82, 2.24) is 4.90 Å². The van der Waals surface area contributed by atoms with Crippen molar-refractivity contribution < 1.29 is 19.0 Å². The molecule has 2 fully saturated rings. The maximum absolute atomic E-state index is 12.6. The molecule has 2 saturated heterocycles. The number of ether oxygens (including phenoxy) is 3. The molecular weight excluding hydrogens is 368 g/mol. The number of amides is 1. The second kappa shape index (κ2) is 9.87. The Hall–Kier alpha value is -2.41. The summed E-state index contributed by atoms with van der Waals surface area (Å²) >= 11 is 0. The fourth-order valence-corrected chi connectivity index (χ4v) is 3.61. The minimum absolute atomic E-state index is 0.145. The van der Waals surface area contributed by atoms with E-state index in [1.165, 1.54) is 5.56 Å². The molecule has 4 rings (SSSR count). The van der Waals surface area contributed by atoms with Crippen molar-refractivity contribution in [3.05, 3.63) is 59.7 Å². The Morgan fingerprint density at radius 3 is 2.69 bits per heavy atom. The molecule has 0 radical (unpaired) electrons. The van der Waals surface area contributed by atoms with Gasteiger partial charge in [-0.05, 0) is 48.7 Å². The highest BCUT2D eigenvalue weighted by Crippen LogP contribution is 2.19. The number of hydrogen-bond acceptors (Lipinski definition) is 5. The van der Waals surface area contributed by atoms with E-state index < -0.39 is 0 Å². The summed E-state index contributed by atoms with van der Waals surface area (Å²) in [4.78, 5) is 15.0. The maximum Gasteiger partial charge on any atom is 0.255 e. The number of anilines is 1. The Morgan fingerprint density at radius 2 is 1.93 bits per heavy atom. The average molecular weight is 396 g/mol. The van der Waals surface area contributed by atoms with Crippen LogP contribution in [-0.4, -0.2) is 56.4 Å². The zero-order chi connectivity index (χ0) is 19.9. The molecule has 154 valence electrons. The molecule has 1 unspecified atom stereocenters. The number of benzene rings is 2. The van der Waals surface area contributed by atoms with E-state index in [-0.39, 0.29) is 12.0 Å². The van der Waals surface area contributed by atoms with Gasteiger partial charge in [0, 0.05) is 37.5 Å². The van der Waals surface area contributed by atoms with Crippen molar-refractivity contribution in [2.75, 3.05) is 44.8 Å². The lowest BCUT2D eigenvalue weighted by Crippen LogP contribution is -2.35. The smallest absolute Gasteiger partial charge is 0.255 e. The van der Waals surface area contributed by atoms with E-state index in [2.05, 4.69) is 22.3 Å². The summed E-state index contributed by atoms with van der Waals surface area (Å²) in [6.45, 7) is 5.75. The molecule has 6 nitrogen and oxygen atoms in total. The van der Waals surface area contributed by atoms with Gasteiger partial charge in [-0.25, -0.2) is 0 Å². The number of hydrogen-bond donors (Lipinski definition) is 1. The lowest BCUT2D eigenvalue weighted by Gasteiger charge is -2.26. The third kappa shape index (κ3) is 5.79. The molecule has 0 bridgehead atoms. The van der Waals surface area contributed by atoms with Crippen LogP contribution in [-0.2, 0) is 16.0 Å². The van der Waals surface area contributed by atoms with Crippen LogP contribution in [0.15, 0.2) is 48.5 Å². The standard InChI is InChI=1S/C23H28N2O4/c26-23(19-3-1-4-21(15-19)29-17-22-5-2-12-28-22)24-20-8-6-18(7-9-20)16-25-10-13-27-14-11-25/h1,3-4,6-9,15,22H,2,5,10-14,16-17H2,(H,24,26). The molecule has 0 saturated carbocycles. The second-order valence-electron chi connectivity index (χ2n) is 7.51. The summed E-state index contributed by atoms with van der Waals surface area (Å²) in [5.74, 6) is 0.544. The lowest BCUT2D eigenvalue weighted by atomic mass is 10.1. The molecule has 2 aromatic carbocycles.